The van der Waals surface area contributed by atoms with Crippen LogP contribution in [-0.2, 0) is 6.54 Å². The van der Waals surface area contributed by atoms with Gasteiger partial charge in [-0.05, 0) is 36.4 Å². The third-order valence-corrected chi connectivity index (χ3v) is 3.47. The van der Waals surface area contributed by atoms with Gasteiger partial charge in [0.05, 0.1) is 4.90 Å². The molecule has 0 aliphatic carbocycles. The van der Waals surface area contributed by atoms with Crippen molar-refractivity contribution in [2.75, 3.05) is 6.54 Å². The summed E-state index contributed by atoms with van der Waals surface area (Å²) in [5, 5.41) is 3.84. The van der Waals surface area contributed by atoms with E-state index < -0.39 is 11.6 Å². The van der Waals surface area contributed by atoms with E-state index in [0.29, 0.717) is 5.03 Å². The summed E-state index contributed by atoms with van der Waals surface area (Å²) in [6.45, 7) is 3.68. The van der Waals surface area contributed by atoms with Gasteiger partial charge in [0.15, 0.2) is 0 Å². The molecule has 0 unspecified atom stereocenters. The molecule has 19 heavy (non-hydrogen) atoms. The summed E-state index contributed by atoms with van der Waals surface area (Å²) in [5.74, 6) is -0.891. The van der Waals surface area contributed by atoms with Crippen LogP contribution in [0.2, 0.25) is 0 Å². The summed E-state index contributed by atoms with van der Waals surface area (Å²) in [5.41, 5.74) is 1.06. The van der Waals surface area contributed by atoms with Crippen molar-refractivity contribution in [3.63, 3.8) is 0 Å². The number of benzene rings is 1. The van der Waals surface area contributed by atoms with Crippen molar-refractivity contribution < 1.29 is 8.78 Å². The average molecular weight is 280 g/mol. The van der Waals surface area contributed by atoms with Crippen LogP contribution in [0.15, 0.2) is 46.5 Å². The molecule has 0 saturated heterocycles. The first-order valence-corrected chi connectivity index (χ1v) is 6.79. The second kappa shape index (κ2) is 6.63. The van der Waals surface area contributed by atoms with Crippen LogP contribution in [0.25, 0.3) is 0 Å². The second-order valence-electron chi connectivity index (χ2n) is 3.96. The van der Waals surface area contributed by atoms with Gasteiger partial charge in [-0.3, -0.25) is 0 Å². The molecule has 0 spiro atoms. The number of hydrogen-bond donors (Lipinski definition) is 1. The van der Waals surface area contributed by atoms with Crippen LogP contribution in [0, 0.1) is 11.6 Å². The number of rotatable bonds is 5. The van der Waals surface area contributed by atoms with Crippen LogP contribution in [0.1, 0.15) is 12.5 Å². The largest absolute Gasteiger partial charge is 0.313 e. The molecule has 2 nitrogen and oxygen atoms in total. The van der Waals surface area contributed by atoms with Crippen LogP contribution in [0.5, 0.6) is 0 Å². The van der Waals surface area contributed by atoms with Gasteiger partial charge in [-0.2, -0.15) is 0 Å². The Bertz CT molecular complexity index is 544. The molecule has 0 amide bonds. The van der Waals surface area contributed by atoms with E-state index in [2.05, 4.69) is 10.3 Å². The van der Waals surface area contributed by atoms with Gasteiger partial charge in [0.2, 0.25) is 0 Å². The molecular weight excluding hydrogens is 266 g/mol. The Morgan fingerprint density at radius 2 is 2.05 bits per heavy atom. The van der Waals surface area contributed by atoms with Gasteiger partial charge < -0.3 is 5.32 Å². The van der Waals surface area contributed by atoms with Crippen LogP contribution >= 0.6 is 11.8 Å². The van der Waals surface area contributed by atoms with Crippen LogP contribution in [-0.4, -0.2) is 11.5 Å². The van der Waals surface area contributed by atoms with Gasteiger partial charge >= 0.3 is 0 Å². The van der Waals surface area contributed by atoms with Gasteiger partial charge in [0.25, 0.3) is 0 Å². The van der Waals surface area contributed by atoms with E-state index in [1.807, 2.05) is 19.1 Å². The molecule has 100 valence electrons. The Morgan fingerprint density at radius 1 is 1.21 bits per heavy atom. The summed E-state index contributed by atoms with van der Waals surface area (Å²) < 4.78 is 26.5. The zero-order valence-electron chi connectivity index (χ0n) is 10.5. The number of halogens is 2. The summed E-state index contributed by atoms with van der Waals surface area (Å²) >= 11 is 1.11. The van der Waals surface area contributed by atoms with Crippen LogP contribution in [0.3, 0.4) is 0 Å². The highest BCUT2D eigenvalue weighted by Gasteiger charge is 2.06. The van der Waals surface area contributed by atoms with Crippen molar-refractivity contribution in [3.05, 3.63) is 53.7 Å². The highest BCUT2D eigenvalue weighted by atomic mass is 32.2. The number of nitrogens with zero attached hydrogens (tertiary/aromatic N) is 1. The van der Waals surface area contributed by atoms with E-state index in [0.717, 1.165) is 42.5 Å². The standard InChI is InChI=1S/C14H14F2N2S/c1-2-17-8-10-3-6-14(18-9-10)19-13-7-11(15)4-5-12(13)16/h3-7,9,17H,2,8H2,1H3. The highest BCUT2D eigenvalue weighted by molar-refractivity contribution is 7.99. The summed E-state index contributed by atoms with van der Waals surface area (Å²) in [6.07, 6.45) is 1.74. The predicted molar refractivity (Wildman–Crippen MR) is 72.1 cm³/mol. The molecule has 1 aromatic heterocycles. The van der Waals surface area contributed by atoms with Crippen molar-refractivity contribution >= 4 is 11.8 Å². The zero-order valence-corrected chi connectivity index (χ0v) is 11.3. The molecule has 0 radical (unpaired) electrons. The van der Waals surface area contributed by atoms with Crippen molar-refractivity contribution in [2.24, 2.45) is 0 Å². The van der Waals surface area contributed by atoms with Crippen molar-refractivity contribution in [1.82, 2.24) is 10.3 Å². The first-order valence-electron chi connectivity index (χ1n) is 5.97. The topological polar surface area (TPSA) is 24.9 Å². The van der Waals surface area contributed by atoms with Gasteiger partial charge in [-0.25, -0.2) is 13.8 Å². The highest BCUT2D eigenvalue weighted by Crippen LogP contribution is 2.28. The van der Waals surface area contributed by atoms with E-state index in [1.165, 1.54) is 6.07 Å². The lowest BCUT2D eigenvalue weighted by molar-refractivity contribution is 0.577. The van der Waals surface area contributed by atoms with Gasteiger partial charge in [-0.15, -0.1) is 0 Å². The van der Waals surface area contributed by atoms with E-state index in [1.54, 1.807) is 6.20 Å². The minimum Gasteiger partial charge on any atom is -0.313 e. The van der Waals surface area contributed by atoms with Crippen LogP contribution in [0.4, 0.5) is 8.78 Å². The van der Waals surface area contributed by atoms with Crippen molar-refractivity contribution in [3.8, 4) is 0 Å². The van der Waals surface area contributed by atoms with E-state index in [-0.39, 0.29) is 4.90 Å². The molecule has 2 aromatic rings. The summed E-state index contributed by atoms with van der Waals surface area (Å²) in [4.78, 5) is 4.47. The SMILES string of the molecule is CCNCc1ccc(Sc2cc(F)ccc2F)nc1. The minimum atomic E-state index is -0.451. The first-order chi connectivity index (χ1) is 9.19. The van der Waals surface area contributed by atoms with E-state index >= 15 is 0 Å². The average Bonchev–Trinajstić information content (AvgIpc) is 2.42. The van der Waals surface area contributed by atoms with Crippen LogP contribution < -0.4 is 5.32 Å². The molecule has 0 saturated carbocycles. The maximum Gasteiger partial charge on any atom is 0.137 e. The lowest BCUT2D eigenvalue weighted by Gasteiger charge is -2.05. The fourth-order valence-electron chi connectivity index (χ4n) is 1.51. The molecule has 1 aromatic carbocycles. The molecule has 0 atom stereocenters. The maximum atomic E-state index is 13.5. The third-order valence-electron chi connectivity index (χ3n) is 2.48. The quantitative estimate of drug-likeness (QED) is 0.905. The molecule has 0 bridgehead atoms. The lowest BCUT2D eigenvalue weighted by atomic mass is 10.3. The second-order valence-corrected chi connectivity index (χ2v) is 5.02. The molecule has 0 fully saturated rings. The third kappa shape index (κ3) is 4.01. The predicted octanol–water partition coefficient (Wildman–Crippen LogP) is 3.62. The Balaban J connectivity index is 2.08. The Hall–Kier alpha value is -1.46. The Labute approximate surface area is 115 Å². The van der Waals surface area contributed by atoms with E-state index in [9.17, 15) is 8.78 Å². The Kier molecular flexibility index (Phi) is 4.87. The molecule has 1 N–H and O–H groups in total. The first kappa shape index (κ1) is 14.0. The normalized spacial score (nSPS) is 10.7. The number of aromatic nitrogens is 1. The molecule has 5 heteroatoms. The molecular formula is C14H14F2N2S. The van der Waals surface area contributed by atoms with Crippen molar-refractivity contribution in [2.45, 2.75) is 23.4 Å². The van der Waals surface area contributed by atoms with Gasteiger partial charge in [-0.1, -0.05) is 24.8 Å². The monoisotopic (exact) mass is 280 g/mol. The zero-order chi connectivity index (χ0) is 13.7. The minimum absolute atomic E-state index is 0.243. The van der Waals surface area contributed by atoms with Gasteiger partial charge in [0, 0.05) is 12.7 Å². The fraction of sp³-hybridized carbons (Fsp3) is 0.214. The fourth-order valence-corrected chi connectivity index (χ4v) is 2.32. The number of hydrogen-bond acceptors (Lipinski definition) is 3. The molecule has 0 aliphatic heterocycles. The smallest absolute Gasteiger partial charge is 0.137 e. The number of nitrogens with one attached hydrogen (secondary N) is 1. The van der Waals surface area contributed by atoms with E-state index in [4.69, 9.17) is 0 Å². The summed E-state index contributed by atoms with van der Waals surface area (Å²) in [6, 6.07) is 7.13. The lowest BCUT2D eigenvalue weighted by Crippen LogP contribution is -2.11. The maximum absolute atomic E-state index is 13.5. The molecule has 2 rings (SSSR count). The van der Waals surface area contributed by atoms with Crippen molar-refractivity contribution in [1.29, 1.82) is 0 Å². The summed E-state index contributed by atoms with van der Waals surface area (Å²) in [7, 11) is 0. The van der Waals surface area contributed by atoms with Gasteiger partial charge in [0.1, 0.15) is 16.7 Å². The molecule has 1 heterocycles. The molecule has 0 aliphatic rings. The number of pyridine rings is 1. The Morgan fingerprint density at radius 3 is 2.74 bits per heavy atom.